The Morgan fingerprint density at radius 1 is 1.19 bits per heavy atom. The van der Waals surface area contributed by atoms with E-state index < -0.39 is 15.9 Å². The van der Waals surface area contributed by atoms with Crippen molar-refractivity contribution in [3.8, 4) is 0 Å². The van der Waals surface area contributed by atoms with Crippen molar-refractivity contribution in [2.75, 3.05) is 24.7 Å². The normalized spacial score (nSPS) is 14.6. The number of nitrogens with zero attached hydrogens (tertiary/aromatic N) is 4. The van der Waals surface area contributed by atoms with Gasteiger partial charge in [0.05, 0.1) is 4.90 Å². The maximum absolute atomic E-state index is 12.1. The summed E-state index contributed by atoms with van der Waals surface area (Å²) >= 11 is 0. The monoisotopic (exact) mass is 391 g/mol. The molecule has 4 N–H and O–H groups in total. The van der Waals surface area contributed by atoms with E-state index in [2.05, 4.69) is 25.8 Å². The predicted octanol–water partition coefficient (Wildman–Crippen LogP) is 0.929. The first kappa shape index (κ1) is 19.0. The van der Waals surface area contributed by atoms with E-state index in [0.717, 1.165) is 23.6 Å². The number of benzene rings is 1. The summed E-state index contributed by atoms with van der Waals surface area (Å²) in [5.41, 5.74) is 5.90. The molecule has 27 heavy (non-hydrogen) atoms. The molecule has 144 valence electrons. The number of nitrogens with two attached hydrogens (primary N) is 1. The zero-order chi connectivity index (χ0) is 19.6. The van der Waals surface area contributed by atoms with E-state index in [4.69, 9.17) is 5.73 Å². The lowest BCUT2D eigenvalue weighted by Crippen LogP contribution is -2.30. The fourth-order valence-corrected chi connectivity index (χ4v) is 3.34. The Morgan fingerprint density at radius 2 is 1.85 bits per heavy atom. The minimum Gasteiger partial charge on any atom is -0.365 e. The summed E-state index contributed by atoms with van der Waals surface area (Å²) in [6.45, 7) is 0. The fraction of sp³-hybridized carbons (Fsp3) is 0.375. The summed E-state index contributed by atoms with van der Waals surface area (Å²) in [6, 6.07) is 6.40. The fourth-order valence-electron chi connectivity index (χ4n) is 2.44. The van der Waals surface area contributed by atoms with Gasteiger partial charge in [-0.15, -0.1) is 10.2 Å². The minimum absolute atomic E-state index is 0.0140. The number of hydrogen-bond donors (Lipinski definition) is 3. The molecule has 0 atom stereocenters. The number of amides is 1. The first-order valence-electron chi connectivity index (χ1n) is 8.38. The zero-order valence-corrected chi connectivity index (χ0v) is 15.8. The lowest BCUT2D eigenvalue weighted by molar-refractivity contribution is 0.0995. The number of nitrogens with one attached hydrogen (secondary N) is 2. The van der Waals surface area contributed by atoms with Gasteiger partial charge in [0.15, 0.2) is 11.5 Å². The lowest BCUT2D eigenvalue weighted by atomic mass is 9.93. The van der Waals surface area contributed by atoms with Crippen LogP contribution in [-0.4, -0.2) is 53.9 Å². The maximum atomic E-state index is 12.1. The summed E-state index contributed by atoms with van der Waals surface area (Å²) in [5, 5.41) is 13.8. The zero-order valence-electron chi connectivity index (χ0n) is 15.0. The molecule has 1 heterocycles. The van der Waals surface area contributed by atoms with Crippen LogP contribution in [-0.2, 0) is 10.0 Å². The topological polar surface area (TPSA) is 143 Å². The highest BCUT2D eigenvalue weighted by Crippen LogP contribution is 2.24. The van der Waals surface area contributed by atoms with Gasteiger partial charge in [0.25, 0.3) is 5.91 Å². The molecular formula is C16H21N7O3S. The smallest absolute Gasteiger partial charge is 0.273 e. The van der Waals surface area contributed by atoms with Gasteiger partial charge in [-0.2, -0.15) is 4.98 Å². The minimum atomic E-state index is -3.50. The Bertz CT molecular complexity index is 941. The standard InChI is InChI=1S/C16H21N7O3S/c1-23(2)27(25,26)12-8-6-11(7-9-12)19-16-20-15(18-10-4-3-5-10)13(14(17)24)21-22-16/h6-10H,3-5H2,1-2H3,(H2,17,24)(H2,18,19,20,22). The van der Waals surface area contributed by atoms with Crippen molar-refractivity contribution in [3.63, 3.8) is 0 Å². The van der Waals surface area contributed by atoms with Crippen LogP contribution < -0.4 is 16.4 Å². The average molecular weight is 391 g/mol. The van der Waals surface area contributed by atoms with Crippen molar-refractivity contribution in [2.24, 2.45) is 5.73 Å². The molecule has 0 saturated heterocycles. The molecule has 11 heteroatoms. The summed E-state index contributed by atoms with van der Waals surface area (Å²) in [5.74, 6) is -0.247. The van der Waals surface area contributed by atoms with Crippen LogP contribution in [0.3, 0.4) is 0 Å². The van der Waals surface area contributed by atoms with Gasteiger partial charge in [-0.3, -0.25) is 4.79 Å². The molecule has 1 amide bonds. The average Bonchev–Trinajstić information content (AvgIpc) is 2.58. The predicted molar refractivity (Wildman–Crippen MR) is 100 cm³/mol. The Morgan fingerprint density at radius 3 is 2.37 bits per heavy atom. The molecule has 0 aliphatic heterocycles. The van der Waals surface area contributed by atoms with Gasteiger partial charge in [-0.25, -0.2) is 12.7 Å². The van der Waals surface area contributed by atoms with E-state index in [1.54, 1.807) is 12.1 Å². The van der Waals surface area contributed by atoms with Crippen molar-refractivity contribution in [3.05, 3.63) is 30.0 Å². The van der Waals surface area contributed by atoms with Crippen LogP contribution in [0.15, 0.2) is 29.2 Å². The quantitative estimate of drug-likeness (QED) is 0.632. The van der Waals surface area contributed by atoms with Crippen LogP contribution in [0.4, 0.5) is 17.5 Å². The first-order chi connectivity index (χ1) is 12.8. The third-order valence-corrected chi connectivity index (χ3v) is 6.08. The van der Waals surface area contributed by atoms with Crippen molar-refractivity contribution < 1.29 is 13.2 Å². The summed E-state index contributed by atoms with van der Waals surface area (Å²) in [4.78, 5) is 16.0. The Kier molecular flexibility index (Phi) is 5.24. The summed E-state index contributed by atoms with van der Waals surface area (Å²) < 4.78 is 25.3. The number of carbonyl (C=O) groups is 1. The van der Waals surface area contributed by atoms with E-state index in [1.807, 2.05) is 0 Å². The van der Waals surface area contributed by atoms with Gasteiger partial charge in [-0.1, -0.05) is 0 Å². The van der Waals surface area contributed by atoms with Crippen molar-refractivity contribution in [2.45, 2.75) is 30.2 Å². The molecule has 1 aliphatic carbocycles. The van der Waals surface area contributed by atoms with E-state index >= 15 is 0 Å². The SMILES string of the molecule is CN(C)S(=O)(=O)c1ccc(Nc2nnc(C(N)=O)c(NC3CCC3)n2)cc1. The molecule has 1 saturated carbocycles. The second-order valence-electron chi connectivity index (χ2n) is 6.41. The number of hydrogen-bond acceptors (Lipinski definition) is 8. The van der Waals surface area contributed by atoms with Crippen molar-refractivity contribution in [1.82, 2.24) is 19.5 Å². The highest BCUT2D eigenvalue weighted by Gasteiger charge is 2.22. The largest absolute Gasteiger partial charge is 0.365 e. The molecular weight excluding hydrogens is 370 g/mol. The second kappa shape index (κ2) is 7.45. The number of primary amides is 1. The van der Waals surface area contributed by atoms with Crippen LogP contribution in [0.2, 0.25) is 0 Å². The molecule has 1 aromatic carbocycles. The number of carbonyl (C=O) groups excluding carboxylic acids is 1. The van der Waals surface area contributed by atoms with Crippen molar-refractivity contribution >= 4 is 33.4 Å². The molecule has 1 fully saturated rings. The number of sulfonamides is 1. The van der Waals surface area contributed by atoms with Crippen LogP contribution in [0.5, 0.6) is 0 Å². The van der Waals surface area contributed by atoms with E-state index in [1.165, 1.54) is 26.2 Å². The molecule has 0 bridgehead atoms. The van der Waals surface area contributed by atoms with E-state index in [-0.39, 0.29) is 28.4 Å². The van der Waals surface area contributed by atoms with Gasteiger partial charge < -0.3 is 16.4 Å². The molecule has 0 radical (unpaired) electrons. The van der Waals surface area contributed by atoms with Gasteiger partial charge in [-0.05, 0) is 43.5 Å². The highest BCUT2D eigenvalue weighted by molar-refractivity contribution is 7.89. The van der Waals surface area contributed by atoms with Crippen LogP contribution in [0.25, 0.3) is 0 Å². The molecule has 0 spiro atoms. The number of aromatic nitrogens is 3. The Balaban J connectivity index is 1.80. The second-order valence-corrected chi connectivity index (χ2v) is 8.56. The molecule has 3 rings (SSSR count). The summed E-state index contributed by atoms with van der Waals surface area (Å²) in [6.07, 6.45) is 3.11. The van der Waals surface area contributed by atoms with Crippen LogP contribution in [0.1, 0.15) is 29.8 Å². The summed E-state index contributed by atoms with van der Waals surface area (Å²) in [7, 11) is -0.557. The maximum Gasteiger partial charge on any atom is 0.273 e. The van der Waals surface area contributed by atoms with E-state index in [0.29, 0.717) is 5.69 Å². The number of rotatable bonds is 7. The number of anilines is 3. The highest BCUT2D eigenvalue weighted by atomic mass is 32.2. The third kappa shape index (κ3) is 4.14. The van der Waals surface area contributed by atoms with Gasteiger partial charge in [0.2, 0.25) is 16.0 Å². The van der Waals surface area contributed by atoms with Gasteiger partial charge in [0, 0.05) is 25.8 Å². The Labute approximate surface area is 157 Å². The van der Waals surface area contributed by atoms with Gasteiger partial charge in [0.1, 0.15) is 0 Å². The molecule has 2 aromatic rings. The Hall–Kier alpha value is -2.79. The van der Waals surface area contributed by atoms with Crippen LogP contribution in [0, 0.1) is 0 Å². The molecule has 1 aromatic heterocycles. The van der Waals surface area contributed by atoms with Gasteiger partial charge >= 0.3 is 0 Å². The van der Waals surface area contributed by atoms with Crippen molar-refractivity contribution in [1.29, 1.82) is 0 Å². The third-order valence-electron chi connectivity index (χ3n) is 4.26. The molecule has 10 nitrogen and oxygen atoms in total. The molecule has 0 unspecified atom stereocenters. The van der Waals surface area contributed by atoms with E-state index in [9.17, 15) is 13.2 Å². The van der Waals surface area contributed by atoms with Crippen LogP contribution >= 0.6 is 0 Å². The molecule has 1 aliphatic rings. The lowest BCUT2D eigenvalue weighted by Gasteiger charge is -2.27. The first-order valence-corrected chi connectivity index (χ1v) is 9.82.